The van der Waals surface area contributed by atoms with Crippen molar-refractivity contribution in [2.45, 2.75) is 39.8 Å². The lowest BCUT2D eigenvalue weighted by Crippen LogP contribution is -2.46. The predicted molar refractivity (Wildman–Crippen MR) is 102 cm³/mol. The fourth-order valence-corrected chi connectivity index (χ4v) is 3.89. The van der Waals surface area contributed by atoms with Crippen molar-refractivity contribution in [2.24, 2.45) is 9.81 Å². The van der Waals surface area contributed by atoms with Gasteiger partial charge < -0.3 is 0 Å². The van der Waals surface area contributed by atoms with Crippen molar-refractivity contribution in [3.05, 3.63) is 59.2 Å². The highest BCUT2D eigenvalue weighted by Crippen LogP contribution is 2.21. The van der Waals surface area contributed by atoms with E-state index in [1.54, 1.807) is 0 Å². The third kappa shape index (κ3) is 2.25. The Kier molecular flexibility index (Phi) is 3.65. The maximum absolute atomic E-state index is 5.03. The quantitative estimate of drug-likeness (QED) is 0.538. The average Bonchev–Trinajstić information content (AvgIpc) is 2.99. The van der Waals surface area contributed by atoms with Crippen molar-refractivity contribution in [3.63, 3.8) is 0 Å². The predicted octanol–water partition coefficient (Wildman–Crippen LogP) is 3.35. The molecule has 1 heterocycles. The van der Waals surface area contributed by atoms with Gasteiger partial charge in [-0.3, -0.25) is 14.6 Å². The van der Waals surface area contributed by atoms with E-state index in [4.69, 9.17) is 9.81 Å². The molecule has 1 aliphatic heterocycles. The van der Waals surface area contributed by atoms with Crippen molar-refractivity contribution >= 4 is 28.7 Å². The SMILES string of the molecule is CC(C)N(B1N=c2c(c3ccccc3c3ccccc23)=N1)C(C)C. The van der Waals surface area contributed by atoms with Gasteiger partial charge in [-0.05, 0) is 22.9 Å². The molecule has 0 unspecified atom stereocenters. The summed E-state index contributed by atoms with van der Waals surface area (Å²) in [7, 11) is -0.130. The average molecular weight is 315 g/mol. The Morgan fingerprint density at radius 1 is 0.667 bits per heavy atom. The summed E-state index contributed by atoms with van der Waals surface area (Å²) in [4.78, 5) is 12.4. The molecule has 0 bridgehead atoms. The minimum atomic E-state index is -0.130. The number of rotatable bonds is 3. The molecular formula is C20H22BN3. The normalized spacial score (nSPS) is 13.9. The van der Waals surface area contributed by atoms with Gasteiger partial charge in [0.1, 0.15) is 0 Å². The third-order valence-corrected chi connectivity index (χ3v) is 4.83. The smallest absolute Gasteiger partial charge is 0.296 e. The van der Waals surface area contributed by atoms with E-state index in [0.29, 0.717) is 12.1 Å². The standard InChI is InChI=1S/C20H22BN3/c1-13(2)24(14(3)4)21-22-19-17-11-7-5-9-15(17)16-10-6-8-12-18(16)20(19)23-21/h5-14H,1-4H3. The van der Waals surface area contributed by atoms with Crippen LogP contribution < -0.4 is 10.7 Å². The van der Waals surface area contributed by atoms with Crippen LogP contribution in [0.4, 0.5) is 0 Å². The summed E-state index contributed by atoms with van der Waals surface area (Å²) in [6.07, 6.45) is 0. The highest BCUT2D eigenvalue weighted by Gasteiger charge is 2.31. The molecule has 0 N–H and O–H groups in total. The number of hydrogen-bond acceptors (Lipinski definition) is 3. The zero-order valence-corrected chi connectivity index (χ0v) is 14.7. The van der Waals surface area contributed by atoms with E-state index in [-0.39, 0.29) is 7.12 Å². The molecule has 24 heavy (non-hydrogen) atoms. The van der Waals surface area contributed by atoms with Crippen LogP contribution in [0.3, 0.4) is 0 Å². The number of benzene rings is 3. The second kappa shape index (κ2) is 5.71. The van der Waals surface area contributed by atoms with Crippen molar-refractivity contribution in [1.82, 2.24) is 4.81 Å². The number of nitrogens with zero attached hydrogens (tertiary/aromatic N) is 3. The van der Waals surface area contributed by atoms with E-state index in [1.165, 1.54) is 21.5 Å². The third-order valence-electron chi connectivity index (χ3n) is 4.83. The second-order valence-electron chi connectivity index (χ2n) is 7.03. The topological polar surface area (TPSA) is 28.0 Å². The summed E-state index contributed by atoms with van der Waals surface area (Å²) in [5.74, 6) is 0. The summed E-state index contributed by atoms with van der Waals surface area (Å²) in [6, 6.07) is 17.9. The van der Waals surface area contributed by atoms with Gasteiger partial charge in [0.2, 0.25) is 0 Å². The molecule has 1 aliphatic rings. The molecule has 0 aliphatic carbocycles. The van der Waals surface area contributed by atoms with Crippen LogP contribution in [0.1, 0.15) is 27.7 Å². The maximum atomic E-state index is 5.03. The van der Waals surface area contributed by atoms with Crippen molar-refractivity contribution in [2.75, 3.05) is 0 Å². The zero-order valence-electron chi connectivity index (χ0n) is 14.7. The monoisotopic (exact) mass is 315 g/mol. The van der Waals surface area contributed by atoms with Gasteiger partial charge >= 0.3 is 7.12 Å². The molecular weight excluding hydrogens is 293 g/mol. The lowest BCUT2D eigenvalue weighted by Gasteiger charge is -2.30. The molecule has 0 saturated heterocycles. The Hall–Kier alpha value is -2.20. The van der Waals surface area contributed by atoms with Crippen LogP contribution in [0.25, 0.3) is 21.5 Å². The van der Waals surface area contributed by atoms with Crippen LogP contribution in [-0.4, -0.2) is 24.0 Å². The first-order valence-electron chi connectivity index (χ1n) is 8.70. The van der Waals surface area contributed by atoms with E-state index in [9.17, 15) is 0 Å². The molecule has 0 fully saturated rings. The minimum absolute atomic E-state index is 0.130. The van der Waals surface area contributed by atoms with Crippen LogP contribution in [0.5, 0.6) is 0 Å². The molecule has 0 saturated carbocycles. The van der Waals surface area contributed by atoms with E-state index in [1.807, 2.05) is 0 Å². The molecule has 0 spiro atoms. The van der Waals surface area contributed by atoms with Gasteiger partial charge in [0.15, 0.2) is 0 Å². The summed E-state index contributed by atoms with van der Waals surface area (Å²) in [6.45, 7) is 8.85. The molecule has 3 aromatic rings. The molecule has 3 aromatic carbocycles. The van der Waals surface area contributed by atoms with Crippen molar-refractivity contribution in [3.8, 4) is 0 Å². The van der Waals surface area contributed by atoms with Gasteiger partial charge in [-0.25, -0.2) is 0 Å². The van der Waals surface area contributed by atoms with Gasteiger partial charge in [0.05, 0.1) is 10.7 Å². The number of fused-ring (bicyclic) bond motifs is 6. The number of hydrogen-bond donors (Lipinski definition) is 0. The van der Waals surface area contributed by atoms with Gasteiger partial charge in [-0.1, -0.05) is 76.2 Å². The van der Waals surface area contributed by atoms with E-state index < -0.39 is 0 Å². The molecule has 0 atom stereocenters. The maximum Gasteiger partial charge on any atom is 0.509 e. The second-order valence-corrected chi connectivity index (χ2v) is 7.03. The Bertz CT molecular complexity index is 957. The summed E-state index contributed by atoms with van der Waals surface area (Å²) >= 11 is 0. The fourth-order valence-electron chi connectivity index (χ4n) is 3.89. The van der Waals surface area contributed by atoms with Crippen molar-refractivity contribution in [1.29, 1.82) is 0 Å². The van der Waals surface area contributed by atoms with Gasteiger partial charge in [0.25, 0.3) is 0 Å². The first-order chi connectivity index (χ1) is 11.6. The summed E-state index contributed by atoms with van der Waals surface area (Å²) < 4.78 is 0. The largest absolute Gasteiger partial charge is 0.509 e. The summed E-state index contributed by atoms with van der Waals surface area (Å²) in [5.41, 5.74) is 0. The molecule has 0 aromatic heterocycles. The van der Waals surface area contributed by atoms with Crippen LogP contribution >= 0.6 is 0 Å². The zero-order chi connectivity index (χ0) is 16.8. The van der Waals surface area contributed by atoms with Gasteiger partial charge in [-0.15, -0.1) is 0 Å². The van der Waals surface area contributed by atoms with Gasteiger partial charge in [0, 0.05) is 10.8 Å². The van der Waals surface area contributed by atoms with Crippen LogP contribution in [0.2, 0.25) is 0 Å². The van der Waals surface area contributed by atoms with Crippen LogP contribution in [-0.2, 0) is 0 Å². The molecule has 0 radical (unpaired) electrons. The van der Waals surface area contributed by atoms with Crippen LogP contribution in [0.15, 0.2) is 58.3 Å². The van der Waals surface area contributed by atoms with E-state index in [0.717, 1.165) is 10.7 Å². The first-order valence-corrected chi connectivity index (χ1v) is 8.70. The van der Waals surface area contributed by atoms with Crippen molar-refractivity contribution < 1.29 is 0 Å². The first kappa shape index (κ1) is 15.3. The molecule has 3 nitrogen and oxygen atoms in total. The van der Waals surface area contributed by atoms with E-state index >= 15 is 0 Å². The minimum Gasteiger partial charge on any atom is -0.296 e. The fraction of sp³-hybridized carbons (Fsp3) is 0.300. The Morgan fingerprint density at radius 3 is 1.42 bits per heavy atom. The highest BCUT2D eigenvalue weighted by atomic mass is 15.2. The molecule has 0 amide bonds. The Morgan fingerprint density at radius 2 is 1.04 bits per heavy atom. The Labute approximate surface area is 142 Å². The summed E-state index contributed by atoms with van der Waals surface area (Å²) in [5, 5.41) is 7.00. The lowest BCUT2D eigenvalue weighted by molar-refractivity contribution is 0.302. The van der Waals surface area contributed by atoms with E-state index in [2.05, 4.69) is 81.0 Å². The van der Waals surface area contributed by atoms with Crippen LogP contribution in [0, 0.1) is 0 Å². The van der Waals surface area contributed by atoms with Gasteiger partial charge in [-0.2, -0.15) is 0 Å². The molecule has 4 rings (SSSR count). The Balaban J connectivity index is 2.08. The molecule has 120 valence electrons. The lowest BCUT2D eigenvalue weighted by atomic mass is 9.89. The highest BCUT2D eigenvalue weighted by molar-refractivity contribution is 6.52. The molecule has 4 heteroatoms.